The fourth-order valence-corrected chi connectivity index (χ4v) is 1.89. The Hall–Kier alpha value is -1.62. The van der Waals surface area contributed by atoms with Crippen molar-refractivity contribution in [1.29, 1.82) is 0 Å². The number of para-hydroxylation sites is 1. The van der Waals surface area contributed by atoms with E-state index in [9.17, 15) is 8.78 Å². The third-order valence-electron chi connectivity index (χ3n) is 2.74. The normalized spacial score (nSPS) is 17.0. The highest BCUT2D eigenvalue weighted by atomic mass is 19.3. The fraction of sp³-hybridized carbons (Fsp3) is 0.385. The summed E-state index contributed by atoms with van der Waals surface area (Å²) in [4.78, 5) is 0. The maximum Gasteiger partial charge on any atom is 0.387 e. The van der Waals surface area contributed by atoms with Crippen LogP contribution in [-0.2, 0) is 4.74 Å². The second-order valence-corrected chi connectivity index (χ2v) is 3.99. The van der Waals surface area contributed by atoms with Crippen LogP contribution in [0.5, 0.6) is 5.75 Å². The summed E-state index contributed by atoms with van der Waals surface area (Å²) in [5.41, 5.74) is 6.53. The maximum absolute atomic E-state index is 12.3. The van der Waals surface area contributed by atoms with Crippen molar-refractivity contribution < 1.29 is 18.3 Å². The van der Waals surface area contributed by atoms with Crippen LogP contribution in [0.25, 0.3) is 0 Å². The molecular weight excluding hydrogens is 240 g/mol. The number of hydrogen-bond acceptors (Lipinski definition) is 3. The molecule has 5 heteroatoms. The predicted molar refractivity (Wildman–Crippen MR) is 63.3 cm³/mol. The molecule has 0 aromatic heterocycles. The monoisotopic (exact) mass is 255 g/mol. The maximum atomic E-state index is 12.3. The first-order valence-corrected chi connectivity index (χ1v) is 5.80. The van der Waals surface area contributed by atoms with Crippen molar-refractivity contribution in [3.05, 3.63) is 41.7 Å². The molecule has 1 aliphatic rings. The van der Waals surface area contributed by atoms with Crippen LogP contribution in [0.1, 0.15) is 24.4 Å². The molecule has 3 nitrogen and oxygen atoms in total. The summed E-state index contributed by atoms with van der Waals surface area (Å²) in [5.74, 6) is 0.710. The van der Waals surface area contributed by atoms with Crippen LogP contribution < -0.4 is 10.5 Å². The van der Waals surface area contributed by atoms with Gasteiger partial charge in [-0.3, -0.25) is 0 Å². The largest absolute Gasteiger partial charge is 0.496 e. The fourth-order valence-electron chi connectivity index (χ4n) is 1.89. The van der Waals surface area contributed by atoms with E-state index in [1.54, 1.807) is 18.2 Å². The molecule has 0 aliphatic carbocycles. The number of hydrogen-bond donors (Lipinski definition) is 1. The first kappa shape index (κ1) is 12.8. The van der Waals surface area contributed by atoms with Gasteiger partial charge in [0.25, 0.3) is 0 Å². The standard InChI is InChI=1S/C13H15F2NO2/c14-13(15)18-10-6-2-1-5-9(10)12(16)11-7-3-4-8-17-11/h1-2,5-7,12-13H,3-4,8,16H2. The molecule has 1 unspecified atom stereocenters. The van der Waals surface area contributed by atoms with Crippen molar-refractivity contribution >= 4 is 0 Å². The van der Waals surface area contributed by atoms with Crippen molar-refractivity contribution in [2.75, 3.05) is 6.61 Å². The Balaban J connectivity index is 2.23. The first-order chi connectivity index (χ1) is 8.68. The average molecular weight is 255 g/mol. The molecule has 1 atom stereocenters. The molecule has 1 aliphatic heterocycles. The molecule has 1 heterocycles. The molecule has 0 amide bonds. The van der Waals surface area contributed by atoms with Gasteiger partial charge in [-0.2, -0.15) is 8.78 Å². The number of alkyl halides is 2. The zero-order valence-electron chi connectivity index (χ0n) is 9.81. The Labute approximate surface area is 104 Å². The summed E-state index contributed by atoms with van der Waals surface area (Å²) >= 11 is 0. The Morgan fingerprint density at radius 3 is 2.72 bits per heavy atom. The molecule has 1 aromatic rings. The lowest BCUT2D eigenvalue weighted by Crippen LogP contribution is -2.19. The minimum atomic E-state index is -2.86. The van der Waals surface area contributed by atoms with E-state index in [0.717, 1.165) is 12.8 Å². The lowest BCUT2D eigenvalue weighted by atomic mass is 10.0. The predicted octanol–water partition coefficient (Wildman–Crippen LogP) is 2.98. The summed E-state index contributed by atoms with van der Waals surface area (Å²) in [6, 6.07) is 5.94. The SMILES string of the molecule is NC(C1=CCCCO1)c1ccccc1OC(F)F. The number of nitrogens with two attached hydrogens (primary N) is 1. The van der Waals surface area contributed by atoms with E-state index in [1.165, 1.54) is 6.07 Å². The van der Waals surface area contributed by atoms with Crippen LogP contribution in [0, 0.1) is 0 Å². The molecular formula is C13H15F2NO2. The van der Waals surface area contributed by atoms with Crippen LogP contribution >= 0.6 is 0 Å². The van der Waals surface area contributed by atoms with Gasteiger partial charge in [-0.15, -0.1) is 0 Å². The number of rotatable bonds is 4. The summed E-state index contributed by atoms with van der Waals surface area (Å²) in [6.45, 7) is -2.25. The van der Waals surface area contributed by atoms with Gasteiger partial charge in [0.15, 0.2) is 0 Å². The molecule has 2 N–H and O–H groups in total. The molecule has 1 aromatic carbocycles. The summed E-state index contributed by atoms with van der Waals surface area (Å²) in [6.07, 6.45) is 3.74. The third-order valence-corrected chi connectivity index (χ3v) is 2.74. The van der Waals surface area contributed by atoms with Gasteiger partial charge in [-0.1, -0.05) is 18.2 Å². The number of benzene rings is 1. The van der Waals surface area contributed by atoms with Gasteiger partial charge in [0.1, 0.15) is 11.5 Å². The summed E-state index contributed by atoms with van der Waals surface area (Å²) < 4.78 is 34.5. The van der Waals surface area contributed by atoms with Gasteiger partial charge in [0.05, 0.1) is 12.6 Å². The van der Waals surface area contributed by atoms with Crippen LogP contribution in [0.2, 0.25) is 0 Å². The first-order valence-electron chi connectivity index (χ1n) is 5.80. The minimum absolute atomic E-state index is 0.0927. The topological polar surface area (TPSA) is 44.5 Å². The molecule has 18 heavy (non-hydrogen) atoms. The van der Waals surface area contributed by atoms with E-state index in [1.807, 2.05) is 6.08 Å². The van der Waals surface area contributed by atoms with Gasteiger partial charge in [0.2, 0.25) is 0 Å². The second-order valence-electron chi connectivity index (χ2n) is 3.99. The van der Waals surface area contributed by atoms with E-state index in [-0.39, 0.29) is 5.75 Å². The van der Waals surface area contributed by atoms with Gasteiger partial charge in [-0.25, -0.2) is 0 Å². The zero-order chi connectivity index (χ0) is 13.0. The number of halogens is 2. The zero-order valence-corrected chi connectivity index (χ0v) is 9.81. The van der Waals surface area contributed by atoms with Crippen molar-refractivity contribution in [3.63, 3.8) is 0 Å². The summed E-state index contributed by atoms with van der Waals surface area (Å²) in [5, 5.41) is 0. The molecule has 0 bridgehead atoms. The van der Waals surface area contributed by atoms with Gasteiger partial charge >= 0.3 is 6.61 Å². The molecule has 98 valence electrons. The lowest BCUT2D eigenvalue weighted by Gasteiger charge is -2.22. The van der Waals surface area contributed by atoms with E-state index in [0.29, 0.717) is 17.9 Å². The highest BCUT2D eigenvalue weighted by molar-refractivity contribution is 5.39. The highest BCUT2D eigenvalue weighted by Crippen LogP contribution is 2.31. The van der Waals surface area contributed by atoms with E-state index < -0.39 is 12.7 Å². The Morgan fingerprint density at radius 2 is 2.06 bits per heavy atom. The van der Waals surface area contributed by atoms with E-state index >= 15 is 0 Å². The van der Waals surface area contributed by atoms with Crippen LogP contribution in [0.3, 0.4) is 0 Å². The van der Waals surface area contributed by atoms with Crippen molar-refractivity contribution in [2.45, 2.75) is 25.5 Å². The second kappa shape index (κ2) is 5.82. The molecule has 0 saturated heterocycles. The highest BCUT2D eigenvalue weighted by Gasteiger charge is 2.20. The number of allylic oxidation sites excluding steroid dienone is 1. The lowest BCUT2D eigenvalue weighted by molar-refractivity contribution is -0.0506. The Morgan fingerprint density at radius 1 is 1.28 bits per heavy atom. The van der Waals surface area contributed by atoms with Gasteiger partial charge in [-0.05, 0) is 25.0 Å². The Kier molecular flexibility index (Phi) is 4.15. The molecule has 0 spiro atoms. The van der Waals surface area contributed by atoms with Crippen LogP contribution in [-0.4, -0.2) is 13.2 Å². The quantitative estimate of drug-likeness (QED) is 0.899. The van der Waals surface area contributed by atoms with Crippen molar-refractivity contribution in [3.8, 4) is 5.75 Å². The Bertz CT molecular complexity index is 435. The molecule has 0 saturated carbocycles. The smallest absolute Gasteiger partial charge is 0.387 e. The average Bonchev–Trinajstić information content (AvgIpc) is 2.39. The van der Waals surface area contributed by atoms with E-state index in [2.05, 4.69) is 4.74 Å². The third kappa shape index (κ3) is 2.98. The van der Waals surface area contributed by atoms with Gasteiger partial charge in [0, 0.05) is 5.56 Å². The summed E-state index contributed by atoms with van der Waals surface area (Å²) in [7, 11) is 0. The van der Waals surface area contributed by atoms with Crippen molar-refractivity contribution in [2.24, 2.45) is 5.73 Å². The van der Waals surface area contributed by atoms with Crippen LogP contribution in [0.4, 0.5) is 8.78 Å². The van der Waals surface area contributed by atoms with Gasteiger partial charge < -0.3 is 15.2 Å². The molecule has 0 radical (unpaired) electrons. The minimum Gasteiger partial charge on any atom is -0.496 e. The van der Waals surface area contributed by atoms with Crippen molar-refractivity contribution in [1.82, 2.24) is 0 Å². The number of ether oxygens (including phenoxy) is 2. The molecule has 2 rings (SSSR count). The molecule has 0 fully saturated rings. The van der Waals surface area contributed by atoms with E-state index in [4.69, 9.17) is 10.5 Å². The van der Waals surface area contributed by atoms with Crippen LogP contribution in [0.15, 0.2) is 36.1 Å².